The highest BCUT2D eigenvalue weighted by Gasteiger charge is 2.47. The van der Waals surface area contributed by atoms with Gasteiger partial charge in [0.15, 0.2) is 11.5 Å². The summed E-state index contributed by atoms with van der Waals surface area (Å²) in [5.41, 5.74) is 6.76. The Labute approximate surface area is 218 Å². The van der Waals surface area contributed by atoms with Crippen LogP contribution < -0.4 is 11.1 Å². The van der Waals surface area contributed by atoms with E-state index in [0.29, 0.717) is 24.9 Å². The Kier molecular flexibility index (Phi) is 8.29. The Balaban J connectivity index is 0.000000257. The maximum Gasteiger partial charge on any atom is 0.434 e. The molecule has 202 valence electrons. The topological polar surface area (TPSA) is 109 Å². The zero-order valence-electron chi connectivity index (χ0n) is 20.9. The number of fused-ring (bicyclic) bond motifs is 1. The number of carbonyl (C=O) groups excluding carboxylic acids is 1. The summed E-state index contributed by atoms with van der Waals surface area (Å²) in [6, 6.07) is 17.7. The first kappa shape index (κ1) is 27.5. The van der Waals surface area contributed by atoms with Crippen molar-refractivity contribution in [3.63, 3.8) is 0 Å². The Morgan fingerprint density at radius 3 is 2.37 bits per heavy atom. The van der Waals surface area contributed by atoms with Crippen molar-refractivity contribution in [2.24, 2.45) is 0 Å². The van der Waals surface area contributed by atoms with Gasteiger partial charge in [0.25, 0.3) is 5.91 Å². The molecule has 0 radical (unpaired) electrons. The number of anilines is 1. The maximum atomic E-state index is 12.5. The van der Waals surface area contributed by atoms with Crippen molar-refractivity contribution in [2.75, 3.05) is 18.9 Å². The minimum atomic E-state index is -4.47. The molecular formula is C27H29F3N4O4. The number of hydrogen-bond acceptors (Lipinski definition) is 7. The number of rotatable bonds is 4. The Hall–Kier alpha value is -3.54. The molecule has 38 heavy (non-hydrogen) atoms. The predicted octanol–water partition coefficient (Wildman–Crippen LogP) is 4.47. The number of aromatic nitrogens is 2. The van der Waals surface area contributed by atoms with Crippen molar-refractivity contribution in [3.8, 4) is 11.1 Å². The molecule has 3 heterocycles. The van der Waals surface area contributed by atoms with Gasteiger partial charge < -0.3 is 25.3 Å². The van der Waals surface area contributed by atoms with Gasteiger partial charge >= 0.3 is 6.18 Å². The van der Waals surface area contributed by atoms with E-state index >= 15 is 0 Å². The van der Waals surface area contributed by atoms with Crippen LogP contribution >= 0.6 is 0 Å². The van der Waals surface area contributed by atoms with Gasteiger partial charge in [0.1, 0.15) is 18.0 Å². The second-order valence-electron chi connectivity index (χ2n) is 9.32. The lowest BCUT2D eigenvalue weighted by Crippen LogP contribution is -2.48. The molecule has 2 aromatic carbocycles. The van der Waals surface area contributed by atoms with Gasteiger partial charge in [0.05, 0.1) is 18.5 Å². The van der Waals surface area contributed by atoms with Gasteiger partial charge in [0, 0.05) is 18.7 Å². The van der Waals surface area contributed by atoms with Crippen molar-refractivity contribution in [1.29, 1.82) is 0 Å². The van der Waals surface area contributed by atoms with E-state index in [2.05, 4.69) is 27.4 Å². The van der Waals surface area contributed by atoms with Crippen molar-refractivity contribution >= 4 is 11.7 Å². The summed E-state index contributed by atoms with van der Waals surface area (Å²) in [5, 5.41) is 2.97. The number of alkyl halides is 3. The molecule has 2 aliphatic rings. The van der Waals surface area contributed by atoms with Gasteiger partial charge in [-0.1, -0.05) is 42.5 Å². The molecule has 3 atom stereocenters. The molecule has 2 fully saturated rings. The minimum absolute atomic E-state index is 0.0285. The highest BCUT2D eigenvalue weighted by molar-refractivity contribution is 5.94. The van der Waals surface area contributed by atoms with E-state index in [1.54, 1.807) is 0 Å². The van der Waals surface area contributed by atoms with Crippen LogP contribution in [0.4, 0.5) is 19.0 Å². The first-order valence-corrected chi connectivity index (χ1v) is 12.1. The van der Waals surface area contributed by atoms with E-state index in [9.17, 15) is 18.0 Å². The molecule has 0 saturated carbocycles. The zero-order chi connectivity index (χ0) is 27.3. The van der Waals surface area contributed by atoms with Crippen molar-refractivity contribution < 1.29 is 32.2 Å². The number of nitrogens with two attached hydrogens (primary N) is 1. The van der Waals surface area contributed by atoms with E-state index in [1.165, 1.54) is 0 Å². The van der Waals surface area contributed by atoms with Crippen molar-refractivity contribution in [1.82, 2.24) is 15.3 Å². The van der Waals surface area contributed by atoms with Crippen molar-refractivity contribution in [3.05, 3.63) is 78.2 Å². The Morgan fingerprint density at radius 2 is 1.74 bits per heavy atom. The molecule has 1 amide bonds. The quantitative estimate of drug-likeness (QED) is 0.512. The molecule has 0 spiro atoms. The smallest absolute Gasteiger partial charge is 0.382 e. The van der Waals surface area contributed by atoms with Crippen LogP contribution in [-0.2, 0) is 20.4 Å². The van der Waals surface area contributed by atoms with Gasteiger partial charge in [-0.25, -0.2) is 4.98 Å². The molecule has 5 rings (SSSR count). The van der Waals surface area contributed by atoms with Crippen LogP contribution in [0.3, 0.4) is 0 Å². The summed E-state index contributed by atoms with van der Waals surface area (Å²) >= 11 is 0. The first-order chi connectivity index (χ1) is 18.0. The summed E-state index contributed by atoms with van der Waals surface area (Å²) in [6.07, 6.45) is -2.29. The molecule has 8 nitrogen and oxygen atoms in total. The molecular weight excluding hydrogens is 501 g/mol. The summed E-state index contributed by atoms with van der Waals surface area (Å²) in [5.74, 6) is -0.947. The van der Waals surface area contributed by atoms with Crippen LogP contribution in [0.2, 0.25) is 0 Å². The third-order valence-electron chi connectivity index (χ3n) is 5.98. The van der Waals surface area contributed by atoms with Gasteiger partial charge in [-0.15, -0.1) is 0 Å². The lowest BCUT2D eigenvalue weighted by atomic mass is 10.0. The SMILES string of the molecule is CC1(C)OC2CCOC(CNC(=O)c3ccc(-c4ccccc4)cc3)C2O1.Nc1cncc(C(F)(F)F)n1. The fraction of sp³-hybridized carbons (Fsp3) is 0.370. The van der Waals surface area contributed by atoms with E-state index in [4.69, 9.17) is 19.9 Å². The monoisotopic (exact) mass is 530 g/mol. The zero-order valence-corrected chi connectivity index (χ0v) is 20.9. The number of ether oxygens (including phenoxy) is 3. The molecule has 0 bridgehead atoms. The molecule has 2 saturated heterocycles. The van der Waals surface area contributed by atoms with E-state index in [1.807, 2.05) is 56.3 Å². The van der Waals surface area contributed by atoms with Gasteiger partial charge in [-0.3, -0.25) is 9.78 Å². The lowest BCUT2D eigenvalue weighted by Gasteiger charge is -2.31. The fourth-order valence-corrected chi connectivity index (χ4v) is 4.26. The standard InChI is InChI=1S/C22H25NO4.C5H4F3N3/c1-22(2)26-18-12-13-25-19(20(18)27-22)14-23-21(24)17-10-8-16(9-11-17)15-6-4-3-5-7-15;6-5(7,8)3-1-10-2-4(9)11-3/h3-11,18-20H,12-14H2,1-2H3,(H,23,24);1-2H,(H2,9,11). The largest absolute Gasteiger partial charge is 0.434 e. The lowest BCUT2D eigenvalue weighted by molar-refractivity contribution is -0.153. The molecule has 3 aromatic rings. The van der Waals surface area contributed by atoms with Crippen LogP contribution in [-0.4, -0.2) is 53.1 Å². The van der Waals surface area contributed by atoms with E-state index in [-0.39, 0.29) is 30.0 Å². The molecule has 1 aromatic heterocycles. The van der Waals surface area contributed by atoms with Gasteiger partial charge in [-0.2, -0.15) is 13.2 Å². The number of hydrogen-bond donors (Lipinski definition) is 2. The average molecular weight is 531 g/mol. The van der Waals surface area contributed by atoms with Gasteiger partial charge in [0.2, 0.25) is 0 Å². The maximum absolute atomic E-state index is 12.5. The highest BCUT2D eigenvalue weighted by atomic mass is 19.4. The number of amides is 1. The number of nitrogen functional groups attached to an aromatic ring is 1. The third kappa shape index (κ3) is 7.06. The molecule has 3 N–H and O–H groups in total. The second kappa shape index (κ2) is 11.5. The number of benzene rings is 2. The minimum Gasteiger partial charge on any atom is -0.382 e. The number of nitrogens with one attached hydrogen (secondary N) is 1. The fourth-order valence-electron chi connectivity index (χ4n) is 4.26. The molecule has 3 unspecified atom stereocenters. The van der Waals surface area contributed by atoms with Crippen LogP contribution in [0, 0.1) is 0 Å². The number of carbonyl (C=O) groups is 1. The summed E-state index contributed by atoms with van der Waals surface area (Å²) in [6.45, 7) is 4.84. The third-order valence-corrected chi connectivity index (χ3v) is 5.98. The predicted molar refractivity (Wildman–Crippen MR) is 134 cm³/mol. The average Bonchev–Trinajstić information content (AvgIpc) is 3.22. The second-order valence-corrected chi connectivity index (χ2v) is 9.32. The number of nitrogens with zero attached hydrogens (tertiary/aromatic N) is 2. The Morgan fingerprint density at radius 1 is 1.05 bits per heavy atom. The summed E-state index contributed by atoms with van der Waals surface area (Å²) in [4.78, 5) is 18.8. The van der Waals surface area contributed by atoms with Crippen LogP contribution in [0.15, 0.2) is 67.0 Å². The molecule has 2 aliphatic heterocycles. The summed E-state index contributed by atoms with van der Waals surface area (Å²) in [7, 11) is 0. The van der Waals surface area contributed by atoms with E-state index in [0.717, 1.165) is 23.7 Å². The number of halogens is 3. The first-order valence-electron chi connectivity index (χ1n) is 12.1. The van der Waals surface area contributed by atoms with Crippen LogP contribution in [0.25, 0.3) is 11.1 Å². The molecule has 0 aliphatic carbocycles. The molecule has 11 heteroatoms. The normalized spacial score (nSPS) is 22.1. The summed E-state index contributed by atoms with van der Waals surface area (Å²) < 4.78 is 53.1. The van der Waals surface area contributed by atoms with Gasteiger partial charge in [-0.05, 0) is 43.5 Å². The van der Waals surface area contributed by atoms with Crippen LogP contribution in [0.1, 0.15) is 36.3 Å². The highest BCUT2D eigenvalue weighted by Crippen LogP contribution is 2.35. The Bertz CT molecular complexity index is 1220. The van der Waals surface area contributed by atoms with Crippen LogP contribution in [0.5, 0.6) is 0 Å². The van der Waals surface area contributed by atoms with Crippen molar-refractivity contribution in [2.45, 2.75) is 50.5 Å². The van der Waals surface area contributed by atoms with E-state index < -0.39 is 17.7 Å².